The zero-order valence-electron chi connectivity index (χ0n) is 11.5. The quantitative estimate of drug-likeness (QED) is 0.651. The number of likely N-dealkylation sites (tertiary alicyclic amines) is 1. The molecule has 0 radical (unpaired) electrons. The molecule has 7 heteroatoms. The largest absolute Gasteiger partial charge is 0.396 e. The third-order valence-corrected chi connectivity index (χ3v) is 4.83. The van der Waals surface area contributed by atoms with Crippen molar-refractivity contribution < 1.29 is 18.3 Å². The molecule has 0 aliphatic carbocycles. The molecular formula is C12H24N2O4S. The number of hydrogen-bond acceptors (Lipinski definition) is 4. The minimum atomic E-state index is -3.16. The first-order valence-corrected chi connectivity index (χ1v) is 8.52. The van der Waals surface area contributed by atoms with Crippen molar-refractivity contribution in [1.82, 2.24) is 9.62 Å². The molecule has 0 atom stereocenters. The van der Waals surface area contributed by atoms with E-state index in [1.807, 2.05) is 0 Å². The van der Waals surface area contributed by atoms with Gasteiger partial charge in [0.2, 0.25) is 15.9 Å². The van der Waals surface area contributed by atoms with Gasteiger partial charge in [0.05, 0.1) is 5.75 Å². The number of aliphatic hydroxyl groups excluding tert-OH is 1. The van der Waals surface area contributed by atoms with E-state index in [1.54, 1.807) is 11.8 Å². The molecule has 2 N–H and O–H groups in total. The second-order valence-corrected chi connectivity index (χ2v) is 6.90. The smallest absolute Gasteiger partial charge is 0.222 e. The highest BCUT2D eigenvalue weighted by Crippen LogP contribution is 2.13. The Morgan fingerprint density at radius 3 is 2.47 bits per heavy atom. The van der Waals surface area contributed by atoms with Gasteiger partial charge in [0.15, 0.2) is 0 Å². The van der Waals surface area contributed by atoms with Crippen molar-refractivity contribution in [2.45, 2.75) is 45.1 Å². The van der Waals surface area contributed by atoms with Crippen LogP contribution in [-0.4, -0.2) is 55.8 Å². The number of rotatable bonds is 7. The lowest BCUT2D eigenvalue weighted by Crippen LogP contribution is -2.46. The minimum absolute atomic E-state index is 0.0496. The van der Waals surface area contributed by atoms with E-state index >= 15 is 0 Å². The SMILES string of the molecule is CCS(=O)(=O)NC1CCN(C(=O)CCCCO)CC1. The summed E-state index contributed by atoms with van der Waals surface area (Å²) in [5.41, 5.74) is 0. The lowest BCUT2D eigenvalue weighted by Gasteiger charge is -2.32. The molecule has 1 saturated heterocycles. The highest BCUT2D eigenvalue weighted by molar-refractivity contribution is 7.89. The Morgan fingerprint density at radius 1 is 1.32 bits per heavy atom. The molecule has 1 aliphatic rings. The van der Waals surface area contributed by atoms with Crippen LogP contribution in [0.3, 0.4) is 0 Å². The van der Waals surface area contributed by atoms with E-state index in [9.17, 15) is 13.2 Å². The number of carbonyl (C=O) groups excluding carboxylic acids is 1. The molecule has 0 aromatic carbocycles. The molecule has 1 heterocycles. The molecule has 0 unspecified atom stereocenters. The van der Waals surface area contributed by atoms with Gasteiger partial charge in [0.25, 0.3) is 0 Å². The van der Waals surface area contributed by atoms with Gasteiger partial charge in [-0.3, -0.25) is 4.79 Å². The maximum Gasteiger partial charge on any atom is 0.222 e. The predicted molar refractivity (Wildman–Crippen MR) is 73.1 cm³/mol. The van der Waals surface area contributed by atoms with Crippen LogP contribution in [0.25, 0.3) is 0 Å². The number of amides is 1. The Bertz CT molecular complexity index is 375. The fraction of sp³-hybridized carbons (Fsp3) is 0.917. The summed E-state index contributed by atoms with van der Waals surface area (Å²) in [5, 5.41) is 8.67. The summed E-state index contributed by atoms with van der Waals surface area (Å²) in [6.07, 6.45) is 3.16. The molecule has 112 valence electrons. The van der Waals surface area contributed by atoms with Gasteiger partial charge in [-0.15, -0.1) is 0 Å². The van der Waals surface area contributed by atoms with E-state index in [1.165, 1.54) is 0 Å². The van der Waals surface area contributed by atoms with Crippen LogP contribution < -0.4 is 4.72 Å². The van der Waals surface area contributed by atoms with E-state index in [0.29, 0.717) is 45.2 Å². The average molecular weight is 292 g/mol. The Kier molecular flexibility index (Phi) is 6.74. The molecule has 1 fully saturated rings. The van der Waals surface area contributed by atoms with Crippen molar-refractivity contribution in [3.63, 3.8) is 0 Å². The third kappa shape index (κ3) is 5.88. The van der Waals surface area contributed by atoms with Crippen LogP contribution in [0.1, 0.15) is 39.0 Å². The van der Waals surface area contributed by atoms with Gasteiger partial charge in [-0.1, -0.05) is 0 Å². The van der Waals surface area contributed by atoms with E-state index in [2.05, 4.69) is 4.72 Å². The van der Waals surface area contributed by atoms with Gasteiger partial charge in [0, 0.05) is 32.2 Å². The Labute approximate surface area is 115 Å². The van der Waals surface area contributed by atoms with Gasteiger partial charge in [0.1, 0.15) is 0 Å². The van der Waals surface area contributed by atoms with Crippen LogP contribution in [0.15, 0.2) is 0 Å². The van der Waals surface area contributed by atoms with Crippen molar-refractivity contribution >= 4 is 15.9 Å². The standard InChI is InChI=1S/C12H24N2O4S/c1-2-19(17,18)13-11-6-8-14(9-7-11)12(16)5-3-4-10-15/h11,13,15H,2-10H2,1H3. The van der Waals surface area contributed by atoms with Gasteiger partial charge in [-0.25, -0.2) is 13.1 Å². The topological polar surface area (TPSA) is 86.7 Å². The third-order valence-electron chi connectivity index (χ3n) is 3.37. The molecule has 0 bridgehead atoms. The minimum Gasteiger partial charge on any atom is -0.396 e. The number of unbranched alkanes of at least 4 members (excludes halogenated alkanes) is 1. The zero-order valence-corrected chi connectivity index (χ0v) is 12.3. The Hall–Kier alpha value is -0.660. The first kappa shape index (κ1) is 16.4. The fourth-order valence-corrected chi connectivity index (χ4v) is 3.04. The maximum atomic E-state index is 11.8. The highest BCUT2D eigenvalue weighted by atomic mass is 32.2. The fourth-order valence-electron chi connectivity index (χ4n) is 2.13. The predicted octanol–water partition coefficient (Wildman–Crippen LogP) is 0.0793. The number of nitrogens with zero attached hydrogens (tertiary/aromatic N) is 1. The Balaban J connectivity index is 2.30. The zero-order chi connectivity index (χ0) is 14.3. The van der Waals surface area contributed by atoms with Gasteiger partial charge in [-0.05, 0) is 32.6 Å². The second kappa shape index (κ2) is 7.81. The summed E-state index contributed by atoms with van der Waals surface area (Å²) in [5.74, 6) is 0.193. The molecule has 1 aliphatic heterocycles. The molecule has 0 aromatic rings. The number of piperidine rings is 1. The van der Waals surface area contributed by atoms with Crippen LogP contribution in [0.5, 0.6) is 0 Å². The number of carbonyl (C=O) groups is 1. The number of nitrogens with one attached hydrogen (secondary N) is 1. The van der Waals surface area contributed by atoms with Crippen LogP contribution >= 0.6 is 0 Å². The van der Waals surface area contributed by atoms with Crippen molar-refractivity contribution in [2.24, 2.45) is 0 Å². The summed E-state index contributed by atoms with van der Waals surface area (Å²) in [7, 11) is -3.16. The summed E-state index contributed by atoms with van der Waals surface area (Å²) in [6, 6.07) is -0.0496. The van der Waals surface area contributed by atoms with Crippen molar-refractivity contribution in [3.05, 3.63) is 0 Å². The molecule has 1 amide bonds. The maximum absolute atomic E-state index is 11.8. The first-order chi connectivity index (χ1) is 8.98. The Morgan fingerprint density at radius 2 is 1.95 bits per heavy atom. The van der Waals surface area contributed by atoms with E-state index in [4.69, 9.17) is 5.11 Å². The van der Waals surface area contributed by atoms with Crippen molar-refractivity contribution in [3.8, 4) is 0 Å². The number of sulfonamides is 1. The van der Waals surface area contributed by atoms with E-state index < -0.39 is 10.0 Å². The van der Waals surface area contributed by atoms with Crippen molar-refractivity contribution in [1.29, 1.82) is 0 Å². The summed E-state index contributed by atoms with van der Waals surface area (Å²) < 4.78 is 25.5. The molecule has 0 aromatic heterocycles. The molecular weight excluding hydrogens is 268 g/mol. The lowest BCUT2D eigenvalue weighted by molar-refractivity contribution is -0.132. The number of hydrogen-bond donors (Lipinski definition) is 2. The summed E-state index contributed by atoms with van der Waals surface area (Å²) >= 11 is 0. The molecule has 1 rings (SSSR count). The normalized spacial score (nSPS) is 17.7. The van der Waals surface area contributed by atoms with Crippen LogP contribution in [0, 0.1) is 0 Å². The summed E-state index contributed by atoms with van der Waals surface area (Å²) in [4.78, 5) is 13.6. The monoisotopic (exact) mass is 292 g/mol. The molecule has 0 spiro atoms. The van der Waals surface area contributed by atoms with Crippen LogP contribution in [0.2, 0.25) is 0 Å². The van der Waals surface area contributed by atoms with Crippen LogP contribution in [0.4, 0.5) is 0 Å². The molecule has 6 nitrogen and oxygen atoms in total. The van der Waals surface area contributed by atoms with Crippen LogP contribution in [-0.2, 0) is 14.8 Å². The van der Waals surface area contributed by atoms with Gasteiger partial charge >= 0.3 is 0 Å². The van der Waals surface area contributed by atoms with Gasteiger partial charge < -0.3 is 10.0 Å². The first-order valence-electron chi connectivity index (χ1n) is 6.87. The highest BCUT2D eigenvalue weighted by Gasteiger charge is 2.24. The average Bonchev–Trinajstić information content (AvgIpc) is 2.39. The molecule has 0 saturated carbocycles. The van der Waals surface area contributed by atoms with Crippen molar-refractivity contribution in [2.75, 3.05) is 25.4 Å². The lowest BCUT2D eigenvalue weighted by atomic mass is 10.1. The van der Waals surface area contributed by atoms with E-state index in [0.717, 1.165) is 0 Å². The number of aliphatic hydroxyl groups is 1. The van der Waals surface area contributed by atoms with Gasteiger partial charge in [-0.2, -0.15) is 0 Å². The van der Waals surface area contributed by atoms with E-state index in [-0.39, 0.29) is 24.3 Å². The second-order valence-electron chi connectivity index (χ2n) is 4.86. The molecule has 19 heavy (non-hydrogen) atoms. The summed E-state index contributed by atoms with van der Waals surface area (Å²) in [6.45, 7) is 2.94.